The van der Waals surface area contributed by atoms with Gasteiger partial charge in [-0.25, -0.2) is 0 Å². The van der Waals surface area contributed by atoms with Crippen LogP contribution in [0.15, 0.2) is 84.6 Å². The first-order valence-electron chi connectivity index (χ1n) is 10.9. The molecular weight excluding hydrogens is 412 g/mol. The van der Waals surface area contributed by atoms with Gasteiger partial charge >= 0.3 is 5.97 Å². The number of fused-ring (bicyclic) bond motifs is 1. The van der Waals surface area contributed by atoms with Gasteiger partial charge in [0, 0.05) is 6.42 Å². The van der Waals surface area contributed by atoms with E-state index < -0.39 is 17.5 Å². The lowest BCUT2D eigenvalue weighted by atomic mass is 9.68. The van der Waals surface area contributed by atoms with Crippen molar-refractivity contribution in [1.82, 2.24) is 0 Å². The van der Waals surface area contributed by atoms with E-state index in [1.165, 1.54) is 7.11 Å². The van der Waals surface area contributed by atoms with Crippen LogP contribution in [0, 0.1) is 19.3 Å². The van der Waals surface area contributed by atoms with Gasteiger partial charge in [0.1, 0.15) is 11.9 Å². The average Bonchev–Trinajstić information content (AvgIpc) is 2.83. The summed E-state index contributed by atoms with van der Waals surface area (Å²) in [4.78, 5) is 27.2. The molecule has 4 rings (SSSR count). The molecule has 0 aliphatic carbocycles. The maximum Gasteiger partial charge on any atom is 0.324 e. The van der Waals surface area contributed by atoms with Gasteiger partial charge in [0.15, 0.2) is 11.2 Å². The van der Waals surface area contributed by atoms with Gasteiger partial charge in [-0.1, -0.05) is 66.2 Å². The van der Waals surface area contributed by atoms with Crippen molar-refractivity contribution in [3.05, 3.63) is 112 Å². The van der Waals surface area contributed by atoms with Gasteiger partial charge in [0.2, 0.25) is 0 Å². The van der Waals surface area contributed by atoms with Crippen LogP contribution in [0.3, 0.4) is 0 Å². The summed E-state index contributed by atoms with van der Waals surface area (Å²) in [5.74, 6) is -0.462. The fraction of sp³-hybridized carbons (Fsp3) is 0.207. The van der Waals surface area contributed by atoms with Crippen LogP contribution in [0.25, 0.3) is 6.08 Å². The molecule has 1 aliphatic rings. The summed E-state index contributed by atoms with van der Waals surface area (Å²) in [6.07, 6.45) is 2.82. The van der Waals surface area contributed by atoms with Crippen molar-refractivity contribution in [1.29, 1.82) is 0 Å². The third-order valence-electron chi connectivity index (χ3n) is 6.08. The van der Waals surface area contributed by atoms with Crippen molar-refractivity contribution in [3.8, 4) is 5.75 Å². The van der Waals surface area contributed by atoms with Crippen molar-refractivity contribution in [3.63, 3.8) is 0 Å². The van der Waals surface area contributed by atoms with Crippen molar-refractivity contribution < 1.29 is 19.1 Å². The Bertz CT molecular complexity index is 1270. The number of para-hydroxylation sites is 1. The maximum atomic E-state index is 13.9. The summed E-state index contributed by atoms with van der Waals surface area (Å²) in [6, 6.07) is 22.7. The molecule has 0 spiro atoms. The van der Waals surface area contributed by atoms with Crippen LogP contribution < -0.4 is 4.74 Å². The molecule has 2 atom stereocenters. The van der Waals surface area contributed by atoms with E-state index in [0.717, 1.165) is 22.3 Å². The zero-order valence-corrected chi connectivity index (χ0v) is 19.0. The molecule has 0 bridgehead atoms. The predicted octanol–water partition coefficient (Wildman–Crippen LogP) is 6.04. The summed E-state index contributed by atoms with van der Waals surface area (Å²) in [7, 11) is 1.30. The number of aryl methyl sites for hydroxylation is 2. The molecular formula is C29H26O4. The smallest absolute Gasteiger partial charge is 0.324 e. The number of ketones is 1. The van der Waals surface area contributed by atoms with Crippen LogP contribution in [0.5, 0.6) is 5.75 Å². The van der Waals surface area contributed by atoms with Crippen LogP contribution in [-0.2, 0) is 9.53 Å². The predicted molar refractivity (Wildman–Crippen MR) is 128 cm³/mol. The summed E-state index contributed by atoms with van der Waals surface area (Å²) < 4.78 is 11.6. The zero-order chi connectivity index (χ0) is 23.4. The molecule has 0 saturated heterocycles. The van der Waals surface area contributed by atoms with Gasteiger partial charge in [-0.3, -0.25) is 9.59 Å². The van der Waals surface area contributed by atoms with E-state index in [-0.39, 0.29) is 12.2 Å². The number of rotatable bonds is 5. The number of ether oxygens (including phenoxy) is 2. The lowest BCUT2D eigenvalue weighted by Crippen LogP contribution is -2.50. The van der Waals surface area contributed by atoms with E-state index in [9.17, 15) is 9.59 Å². The second-order valence-electron chi connectivity index (χ2n) is 8.28. The molecule has 4 nitrogen and oxygen atoms in total. The molecule has 3 aromatic rings. The summed E-state index contributed by atoms with van der Waals surface area (Å²) in [5, 5.41) is 0. The fourth-order valence-corrected chi connectivity index (χ4v) is 4.35. The van der Waals surface area contributed by atoms with Crippen molar-refractivity contribution in [2.75, 3.05) is 7.11 Å². The van der Waals surface area contributed by atoms with Crippen LogP contribution in [0.1, 0.15) is 45.1 Å². The molecule has 0 amide bonds. The van der Waals surface area contributed by atoms with Crippen molar-refractivity contribution >= 4 is 17.8 Å². The highest BCUT2D eigenvalue weighted by atomic mass is 16.5. The fourth-order valence-electron chi connectivity index (χ4n) is 4.35. The standard InChI is InChI=1S/C29H26O4/c1-20-11-10-14-22(19-20)13-8-9-18-29(28(31)32-3)26(30)24-16-6-7-17-25(24)33-27(29)23-15-5-4-12-21(23)2/h4-7,9-17,19,27H,18H2,1-3H3. The van der Waals surface area contributed by atoms with E-state index >= 15 is 0 Å². The minimum absolute atomic E-state index is 0.0914. The Kier molecular flexibility index (Phi) is 6.30. The van der Waals surface area contributed by atoms with E-state index in [2.05, 4.69) is 5.73 Å². The molecule has 1 heterocycles. The number of allylic oxidation sites excluding steroid dienone is 1. The quantitative estimate of drug-likeness (QED) is 0.277. The molecule has 0 saturated carbocycles. The zero-order valence-electron chi connectivity index (χ0n) is 19.0. The van der Waals surface area contributed by atoms with E-state index in [0.29, 0.717) is 11.3 Å². The molecule has 166 valence electrons. The van der Waals surface area contributed by atoms with Crippen molar-refractivity contribution in [2.24, 2.45) is 5.41 Å². The third-order valence-corrected chi connectivity index (χ3v) is 6.08. The van der Waals surface area contributed by atoms with Crippen molar-refractivity contribution in [2.45, 2.75) is 26.4 Å². The summed E-state index contributed by atoms with van der Waals surface area (Å²) in [6.45, 7) is 3.97. The Balaban J connectivity index is 1.84. The molecule has 1 aliphatic heterocycles. The number of carbonyl (C=O) groups is 2. The first-order chi connectivity index (χ1) is 16.0. The number of Topliss-reactive ketones (excluding diaryl/α,β-unsaturated/α-hetero) is 1. The van der Waals surface area contributed by atoms with Crippen LogP contribution in [-0.4, -0.2) is 18.9 Å². The molecule has 3 aromatic carbocycles. The molecule has 4 heteroatoms. The average molecular weight is 439 g/mol. The van der Waals surface area contributed by atoms with Crippen LogP contribution in [0.2, 0.25) is 0 Å². The Labute approximate surface area is 194 Å². The van der Waals surface area contributed by atoms with E-state index in [1.54, 1.807) is 24.3 Å². The van der Waals surface area contributed by atoms with E-state index in [1.807, 2.05) is 74.5 Å². The van der Waals surface area contributed by atoms with Gasteiger partial charge < -0.3 is 9.47 Å². The number of methoxy groups -OCH3 is 1. The molecule has 0 N–H and O–H groups in total. The molecule has 0 fully saturated rings. The molecule has 0 aromatic heterocycles. The molecule has 2 unspecified atom stereocenters. The van der Waals surface area contributed by atoms with Gasteiger partial charge in [-0.2, -0.15) is 0 Å². The number of benzene rings is 3. The Morgan fingerprint density at radius 2 is 1.82 bits per heavy atom. The monoisotopic (exact) mass is 438 g/mol. The third kappa shape index (κ3) is 4.13. The first kappa shape index (κ1) is 22.3. The largest absolute Gasteiger partial charge is 0.483 e. The highest BCUT2D eigenvalue weighted by Gasteiger charge is 2.58. The lowest BCUT2D eigenvalue weighted by molar-refractivity contribution is -0.155. The summed E-state index contributed by atoms with van der Waals surface area (Å²) >= 11 is 0. The van der Waals surface area contributed by atoms with Gasteiger partial charge in [0.25, 0.3) is 0 Å². The Hall–Kier alpha value is -3.88. The minimum atomic E-state index is -1.57. The Morgan fingerprint density at radius 3 is 2.58 bits per heavy atom. The normalized spacial score (nSPS) is 19.0. The second kappa shape index (κ2) is 9.32. The summed E-state index contributed by atoms with van der Waals surface area (Å²) in [5.41, 5.74) is 5.80. The van der Waals surface area contributed by atoms with Crippen LogP contribution >= 0.6 is 0 Å². The topological polar surface area (TPSA) is 52.6 Å². The highest BCUT2D eigenvalue weighted by molar-refractivity contribution is 6.15. The molecule has 0 radical (unpaired) electrons. The number of carbonyl (C=O) groups excluding carboxylic acids is 2. The molecule has 33 heavy (non-hydrogen) atoms. The second-order valence-corrected chi connectivity index (χ2v) is 8.28. The highest BCUT2D eigenvalue weighted by Crippen LogP contribution is 2.50. The maximum absolute atomic E-state index is 13.9. The number of hydrogen-bond donors (Lipinski definition) is 0. The minimum Gasteiger partial charge on any atom is -0.483 e. The van der Waals surface area contributed by atoms with Crippen LogP contribution in [0.4, 0.5) is 0 Å². The SMILES string of the molecule is COC(=O)C1(CC=C=Cc2cccc(C)c2)C(=O)c2ccccc2OC1c1ccccc1C. The van der Waals surface area contributed by atoms with E-state index in [4.69, 9.17) is 9.47 Å². The Morgan fingerprint density at radius 1 is 1.06 bits per heavy atom. The number of hydrogen-bond acceptors (Lipinski definition) is 4. The number of esters is 1. The van der Waals surface area contributed by atoms with Gasteiger partial charge in [0.05, 0.1) is 12.7 Å². The lowest BCUT2D eigenvalue weighted by Gasteiger charge is -2.41. The van der Waals surface area contributed by atoms with Gasteiger partial charge in [-0.05, 0) is 54.8 Å². The van der Waals surface area contributed by atoms with Gasteiger partial charge in [-0.15, -0.1) is 5.73 Å². The first-order valence-corrected chi connectivity index (χ1v) is 10.9.